The predicted octanol–water partition coefficient (Wildman–Crippen LogP) is 5.26. The summed E-state index contributed by atoms with van der Waals surface area (Å²) in [6.07, 6.45) is 6.85. The number of hydrogen-bond donors (Lipinski definition) is 1. The van der Waals surface area contributed by atoms with E-state index in [0.717, 1.165) is 49.6 Å². The summed E-state index contributed by atoms with van der Waals surface area (Å²) in [4.78, 5) is 33.5. The molecule has 2 fully saturated rings. The van der Waals surface area contributed by atoms with Crippen LogP contribution in [0.15, 0.2) is 48.7 Å². The molecular weight excluding hydrogens is 402 g/mol. The molecule has 2 aliphatic carbocycles. The molecule has 2 saturated carbocycles. The summed E-state index contributed by atoms with van der Waals surface area (Å²) in [6, 6.07) is 14.3. The zero-order valence-electron chi connectivity index (χ0n) is 18.0. The number of aromatic nitrogens is 2. The van der Waals surface area contributed by atoms with E-state index in [4.69, 9.17) is 10.5 Å². The third-order valence-electron chi connectivity index (χ3n) is 6.81. The Hall–Kier alpha value is -3.28. The van der Waals surface area contributed by atoms with Crippen LogP contribution in [-0.2, 0) is 11.3 Å². The molecule has 0 radical (unpaired) electrons. The third-order valence-corrected chi connectivity index (χ3v) is 6.81. The zero-order chi connectivity index (χ0) is 22.1. The molecule has 2 N–H and O–H groups in total. The number of primary amides is 1. The first-order valence-corrected chi connectivity index (χ1v) is 11.4. The SMILES string of the molecule is NC(=O)OCc1ccc(C2CC2)c(C(=O)C2CCC(c3cccc4ncccc34)CC2)n1. The number of amides is 1. The van der Waals surface area contributed by atoms with Gasteiger partial charge in [-0.05, 0) is 79.7 Å². The Morgan fingerprint density at radius 3 is 2.41 bits per heavy atom. The van der Waals surface area contributed by atoms with Gasteiger partial charge in [-0.3, -0.25) is 9.78 Å². The van der Waals surface area contributed by atoms with Crippen molar-refractivity contribution in [2.24, 2.45) is 11.7 Å². The number of nitrogens with zero attached hydrogens (tertiary/aromatic N) is 2. The molecule has 2 aromatic heterocycles. The second kappa shape index (κ2) is 8.69. The molecule has 6 heteroatoms. The highest BCUT2D eigenvalue weighted by Crippen LogP contribution is 2.44. The average molecular weight is 430 g/mol. The second-order valence-electron chi connectivity index (χ2n) is 8.95. The number of Topliss-reactive ketones (excluding diaryl/α,β-unsaturated/α-hetero) is 1. The number of benzene rings is 1. The maximum absolute atomic E-state index is 13.5. The van der Waals surface area contributed by atoms with Crippen LogP contribution < -0.4 is 5.73 Å². The molecule has 0 unspecified atom stereocenters. The highest BCUT2D eigenvalue weighted by atomic mass is 16.5. The van der Waals surface area contributed by atoms with Gasteiger partial charge >= 0.3 is 6.09 Å². The van der Waals surface area contributed by atoms with Gasteiger partial charge in [0.2, 0.25) is 0 Å². The Balaban J connectivity index is 1.33. The van der Waals surface area contributed by atoms with Crippen molar-refractivity contribution in [3.8, 4) is 0 Å². The van der Waals surface area contributed by atoms with Gasteiger partial charge in [0, 0.05) is 17.5 Å². The van der Waals surface area contributed by atoms with Crippen LogP contribution in [0.4, 0.5) is 4.79 Å². The number of fused-ring (bicyclic) bond motifs is 1. The van der Waals surface area contributed by atoms with E-state index in [2.05, 4.69) is 28.2 Å². The number of nitrogens with two attached hydrogens (primary N) is 1. The standard InChI is InChI=1S/C26H27N3O3/c27-26(31)32-15-19-12-13-21(17-6-7-17)24(29-19)25(30)18-10-8-16(9-11-18)20-3-1-5-23-22(20)4-2-14-28-23/h1-5,12-14,16-18H,6-11,15H2,(H2,27,31). The van der Waals surface area contributed by atoms with Gasteiger partial charge < -0.3 is 10.5 Å². The van der Waals surface area contributed by atoms with E-state index in [1.54, 1.807) is 0 Å². The van der Waals surface area contributed by atoms with Crippen molar-refractivity contribution in [3.63, 3.8) is 0 Å². The van der Waals surface area contributed by atoms with Gasteiger partial charge in [-0.1, -0.05) is 24.3 Å². The average Bonchev–Trinajstić information content (AvgIpc) is 3.67. The Morgan fingerprint density at radius 1 is 0.906 bits per heavy atom. The summed E-state index contributed by atoms with van der Waals surface area (Å²) in [5.41, 5.74) is 9.61. The molecule has 2 heterocycles. The number of rotatable bonds is 6. The van der Waals surface area contributed by atoms with Crippen molar-refractivity contribution >= 4 is 22.8 Å². The minimum atomic E-state index is -0.840. The molecule has 0 atom stereocenters. The van der Waals surface area contributed by atoms with Crippen molar-refractivity contribution in [1.29, 1.82) is 0 Å². The molecule has 0 aliphatic heterocycles. The van der Waals surface area contributed by atoms with Crippen LogP contribution in [0.25, 0.3) is 10.9 Å². The number of pyridine rings is 2. The Bertz CT molecular complexity index is 1160. The van der Waals surface area contributed by atoms with Crippen LogP contribution in [0.5, 0.6) is 0 Å². The van der Waals surface area contributed by atoms with E-state index in [9.17, 15) is 9.59 Å². The first-order valence-electron chi connectivity index (χ1n) is 11.4. The lowest BCUT2D eigenvalue weighted by atomic mass is 9.75. The normalized spacial score (nSPS) is 20.8. The van der Waals surface area contributed by atoms with Crippen LogP contribution in [0, 0.1) is 5.92 Å². The summed E-state index contributed by atoms with van der Waals surface area (Å²) in [6.45, 7) is -0.0115. The lowest BCUT2D eigenvalue weighted by Crippen LogP contribution is -2.24. The molecule has 1 amide bonds. The molecule has 0 saturated heterocycles. The van der Waals surface area contributed by atoms with E-state index in [1.807, 2.05) is 30.5 Å². The molecule has 5 rings (SSSR count). The summed E-state index contributed by atoms with van der Waals surface area (Å²) in [5, 5.41) is 1.21. The highest BCUT2D eigenvalue weighted by Gasteiger charge is 2.34. The molecule has 0 spiro atoms. The smallest absolute Gasteiger partial charge is 0.404 e. The van der Waals surface area contributed by atoms with Crippen molar-refractivity contribution in [2.75, 3.05) is 0 Å². The van der Waals surface area contributed by atoms with Crippen molar-refractivity contribution in [1.82, 2.24) is 9.97 Å². The van der Waals surface area contributed by atoms with Crippen LogP contribution in [0.1, 0.15) is 77.7 Å². The second-order valence-corrected chi connectivity index (χ2v) is 8.95. The van der Waals surface area contributed by atoms with Gasteiger partial charge in [-0.2, -0.15) is 0 Å². The van der Waals surface area contributed by atoms with Crippen LogP contribution in [-0.4, -0.2) is 21.8 Å². The monoisotopic (exact) mass is 429 g/mol. The van der Waals surface area contributed by atoms with Gasteiger partial charge in [0.25, 0.3) is 0 Å². The highest BCUT2D eigenvalue weighted by molar-refractivity contribution is 5.98. The number of ether oxygens (including phenoxy) is 1. The minimum Gasteiger partial charge on any atom is -0.443 e. The van der Waals surface area contributed by atoms with Crippen LogP contribution in [0.2, 0.25) is 0 Å². The molecule has 2 aliphatic rings. The largest absolute Gasteiger partial charge is 0.443 e. The number of ketones is 1. The number of carbonyl (C=O) groups excluding carboxylic acids is 2. The maximum atomic E-state index is 13.5. The number of carbonyl (C=O) groups is 2. The van der Waals surface area contributed by atoms with E-state index in [1.165, 1.54) is 10.9 Å². The Morgan fingerprint density at radius 2 is 1.66 bits per heavy atom. The van der Waals surface area contributed by atoms with Gasteiger partial charge in [0.15, 0.2) is 5.78 Å². The first-order chi connectivity index (χ1) is 15.6. The Labute approximate surface area is 187 Å². The summed E-state index contributed by atoms with van der Waals surface area (Å²) < 4.78 is 4.88. The lowest BCUT2D eigenvalue weighted by molar-refractivity contribution is 0.0877. The first kappa shape index (κ1) is 20.6. The predicted molar refractivity (Wildman–Crippen MR) is 121 cm³/mol. The van der Waals surface area contributed by atoms with Gasteiger partial charge in [-0.25, -0.2) is 9.78 Å². The molecule has 3 aromatic rings. The van der Waals surface area contributed by atoms with Gasteiger partial charge in [-0.15, -0.1) is 0 Å². The fourth-order valence-electron chi connectivity index (χ4n) is 5.00. The molecule has 6 nitrogen and oxygen atoms in total. The minimum absolute atomic E-state index is 0.0115. The fraction of sp³-hybridized carbons (Fsp3) is 0.385. The van der Waals surface area contributed by atoms with Crippen molar-refractivity contribution in [2.45, 2.75) is 57.0 Å². The van der Waals surface area contributed by atoms with Gasteiger partial charge in [0.05, 0.1) is 11.2 Å². The van der Waals surface area contributed by atoms with Crippen LogP contribution >= 0.6 is 0 Å². The Kier molecular flexibility index (Phi) is 5.60. The number of hydrogen-bond acceptors (Lipinski definition) is 5. The van der Waals surface area contributed by atoms with Crippen LogP contribution in [0.3, 0.4) is 0 Å². The van der Waals surface area contributed by atoms with E-state index >= 15 is 0 Å². The molecule has 0 bridgehead atoms. The molecule has 164 valence electrons. The van der Waals surface area contributed by atoms with E-state index in [0.29, 0.717) is 23.2 Å². The van der Waals surface area contributed by atoms with E-state index in [-0.39, 0.29) is 18.3 Å². The van der Waals surface area contributed by atoms with Crippen molar-refractivity contribution < 1.29 is 14.3 Å². The van der Waals surface area contributed by atoms with Crippen molar-refractivity contribution in [3.05, 3.63) is 71.2 Å². The molecular formula is C26H27N3O3. The molecule has 32 heavy (non-hydrogen) atoms. The maximum Gasteiger partial charge on any atom is 0.404 e. The summed E-state index contributed by atoms with van der Waals surface area (Å²) >= 11 is 0. The third kappa shape index (κ3) is 4.22. The fourth-order valence-corrected chi connectivity index (χ4v) is 5.00. The lowest BCUT2D eigenvalue weighted by Gasteiger charge is -2.29. The topological polar surface area (TPSA) is 95.2 Å². The van der Waals surface area contributed by atoms with Gasteiger partial charge in [0.1, 0.15) is 12.3 Å². The summed E-state index contributed by atoms with van der Waals surface area (Å²) in [7, 11) is 0. The molecule has 1 aromatic carbocycles. The zero-order valence-corrected chi connectivity index (χ0v) is 18.0. The quantitative estimate of drug-likeness (QED) is 0.539. The van der Waals surface area contributed by atoms with E-state index < -0.39 is 6.09 Å². The summed E-state index contributed by atoms with van der Waals surface area (Å²) in [5.74, 6) is 0.979.